The molecular weight excluding hydrogens is 458 g/mol. The SMILES string of the molecule is CCOC(=O)C/C(C)=N\NC(=O)COc1ccc2c(c1)c(C(C)=O)c(C)n2-c1ccc(Cl)cc1. The van der Waals surface area contributed by atoms with Crippen LogP contribution in [0.5, 0.6) is 5.75 Å². The first-order chi connectivity index (χ1) is 16.2. The van der Waals surface area contributed by atoms with Crippen LogP contribution in [0, 0.1) is 6.92 Å². The fourth-order valence-corrected chi connectivity index (χ4v) is 3.78. The molecule has 1 heterocycles. The number of fused-ring (bicyclic) bond motifs is 1. The first kappa shape index (κ1) is 25.0. The van der Waals surface area contributed by atoms with E-state index in [9.17, 15) is 14.4 Å². The highest BCUT2D eigenvalue weighted by Gasteiger charge is 2.19. The predicted octanol–water partition coefficient (Wildman–Crippen LogP) is 4.62. The van der Waals surface area contributed by atoms with E-state index in [0.29, 0.717) is 22.0 Å². The van der Waals surface area contributed by atoms with Crippen molar-refractivity contribution in [3.05, 3.63) is 58.7 Å². The number of hydrazone groups is 1. The summed E-state index contributed by atoms with van der Waals surface area (Å²) < 4.78 is 12.4. The molecule has 2 aromatic carbocycles. The number of benzene rings is 2. The number of nitrogens with zero attached hydrogens (tertiary/aromatic N) is 2. The van der Waals surface area contributed by atoms with Crippen molar-refractivity contribution in [3.63, 3.8) is 0 Å². The number of hydrogen-bond acceptors (Lipinski definition) is 6. The molecule has 34 heavy (non-hydrogen) atoms. The molecule has 0 unspecified atom stereocenters. The van der Waals surface area contributed by atoms with E-state index in [2.05, 4.69) is 10.5 Å². The van der Waals surface area contributed by atoms with Crippen LogP contribution >= 0.6 is 11.6 Å². The van der Waals surface area contributed by atoms with Gasteiger partial charge in [0.15, 0.2) is 12.4 Å². The van der Waals surface area contributed by atoms with Crippen LogP contribution in [0.4, 0.5) is 0 Å². The largest absolute Gasteiger partial charge is 0.484 e. The van der Waals surface area contributed by atoms with Gasteiger partial charge in [-0.2, -0.15) is 5.10 Å². The molecule has 0 aliphatic carbocycles. The van der Waals surface area contributed by atoms with Crippen molar-refractivity contribution in [1.82, 2.24) is 9.99 Å². The van der Waals surface area contributed by atoms with Gasteiger partial charge >= 0.3 is 5.97 Å². The number of carbonyl (C=O) groups is 3. The summed E-state index contributed by atoms with van der Waals surface area (Å²) in [5.41, 5.74) is 5.86. The van der Waals surface area contributed by atoms with Crippen LogP contribution in [0.3, 0.4) is 0 Å². The van der Waals surface area contributed by atoms with Crippen LogP contribution < -0.4 is 10.2 Å². The average molecular weight is 484 g/mol. The molecule has 178 valence electrons. The molecule has 0 aliphatic heterocycles. The number of ketones is 1. The minimum atomic E-state index is -0.481. The van der Waals surface area contributed by atoms with Crippen molar-refractivity contribution < 1.29 is 23.9 Å². The van der Waals surface area contributed by atoms with Gasteiger partial charge in [0, 0.05) is 33.1 Å². The van der Waals surface area contributed by atoms with Gasteiger partial charge in [-0.3, -0.25) is 14.4 Å². The van der Waals surface area contributed by atoms with Crippen molar-refractivity contribution in [2.45, 2.75) is 34.1 Å². The number of aromatic nitrogens is 1. The summed E-state index contributed by atoms with van der Waals surface area (Å²) in [6.07, 6.45) is -0.0105. The van der Waals surface area contributed by atoms with E-state index >= 15 is 0 Å². The topological polar surface area (TPSA) is 99.0 Å². The van der Waals surface area contributed by atoms with Gasteiger partial charge in [0.1, 0.15) is 5.75 Å². The van der Waals surface area contributed by atoms with E-state index in [-0.39, 0.29) is 25.4 Å². The molecule has 0 atom stereocenters. The molecule has 0 fully saturated rings. The minimum absolute atomic E-state index is 0.0105. The first-order valence-corrected chi connectivity index (χ1v) is 11.1. The van der Waals surface area contributed by atoms with E-state index in [1.165, 1.54) is 6.92 Å². The van der Waals surface area contributed by atoms with Gasteiger partial charge in [-0.05, 0) is 70.2 Å². The summed E-state index contributed by atoms with van der Waals surface area (Å²) in [6.45, 7) is 6.73. The summed E-state index contributed by atoms with van der Waals surface area (Å²) in [5, 5.41) is 5.23. The summed E-state index contributed by atoms with van der Waals surface area (Å²) in [7, 11) is 0. The number of halogens is 1. The summed E-state index contributed by atoms with van der Waals surface area (Å²) in [6, 6.07) is 12.7. The second-order valence-corrected chi connectivity index (χ2v) is 8.10. The molecule has 9 heteroatoms. The molecule has 0 radical (unpaired) electrons. The van der Waals surface area contributed by atoms with Crippen LogP contribution in [0.15, 0.2) is 47.6 Å². The molecule has 3 rings (SSSR count). The molecule has 3 aromatic rings. The quantitative estimate of drug-likeness (QED) is 0.207. The molecule has 1 amide bonds. The maximum atomic E-state index is 12.4. The third-order valence-electron chi connectivity index (χ3n) is 5.06. The standard InChI is InChI=1S/C25H26ClN3O5/c1-5-33-24(32)12-15(2)27-28-23(31)14-34-20-10-11-22-21(13-20)25(17(4)30)16(3)29(22)19-8-6-18(26)7-9-19/h6-11,13H,5,12,14H2,1-4H3,(H,28,31)/b27-15-. The normalized spacial score (nSPS) is 11.4. The maximum Gasteiger partial charge on any atom is 0.311 e. The predicted molar refractivity (Wildman–Crippen MR) is 131 cm³/mol. The Hall–Kier alpha value is -3.65. The molecule has 0 saturated carbocycles. The number of Topliss-reactive ketones (excluding diaryl/α,β-unsaturated/α-hetero) is 1. The van der Waals surface area contributed by atoms with Gasteiger partial charge in [0.25, 0.3) is 5.91 Å². The summed E-state index contributed by atoms with van der Waals surface area (Å²) in [4.78, 5) is 36.0. The van der Waals surface area contributed by atoms with Gasteiger partial charge in [-0.25, -0.2) is 5.43 Å². The van der Waals surface area contributed by atoms with Crippen molar-refractivity contribution in [2.24, 2.45) is 5.10 Å². The van der Waals surface area contributed by atoms with Crippen molar-refractivity contribution in [2.75, 3.05) is 13.2 Å². The first-order valence-electron chi connectivity index (χ1n) is 10.7. The van der Waals surface area contributed by atoms with Crippen molar-refractivity contribution in [1.29, 1.82) is 0 Å². The van der Waals surface area contributed by atoms with Gasteiger partial charge in [-0.1, -0.05) is 11.6 Å². The fourth-order valence-electron chi connectivity index (χ4n) is 3.65. The van der Waals surface area contributed by atoms with Crippen LogP contribution in [0.25, 0.3) is 16.6 Å². The van der Waals surface area contributed by atoms with Gasteiger partial charge in [0.05, 0.1) is 18.5 Å². The Kier molecular flexibility index (Phi) is 8.07. The van der Waals surface area contributed by atoms with Crippen molar-refractivity contribution >= 4 is 45.9 Å². The Morgan fingerprint density at radius 2 is 1.79 bits per heavy atom. The Bertz CT molecular complexity index is 1260. The fraction of sp³-hybridized carbons (Fsp3) is 0.280. The molecule has 0 aliphatic rings. The number of hydrogen-bond donors (Lipinski definition) is 1. The monoisotopic (exact) mass is 483 g/mol. The Labute approximate surface area is 202 Å². The zero-order chi connectivity index (χ0) is 24.8. The van der Waals surface area contributed by atoms with E-state index in [1.54, 1.807) is 38.1 Å². The number of rotatable bonds is 9. The van der Waals surface area contributed by atoms with Crippen LogP contribution in [-0.4, -0.2) is 41.2 Å². The van der Waals surface area contributed by atoms with Gasteiger partial charge < -0.3 is 14.0 Å². The molecule has 0 saturated heterocycles. The summed E-state index contributed by atoms with van der Waals surface area (Å²) in [5.74, 6) is -0.531. The number of esters is 1. The van der Waals surface area contributed by atoms with E-state index in [4.69, 9.17) is 21.1 Å². The zero-order valence-electron chi connectivity index (χ0n) is 19.5. The lowest BCUT2D eigenvalue weighted by Gasteiger charge is -2.09. The highest BCUT2D eigenvalue weighted by atomic mass is 35.5. The molecular formula is C25H26ClN3O5. The van der Waals surface area contributed by atoms with Crippen molar-refractivity contribution in [3.8, 4) is 11.4 Å². The minimum Gasteiger partial charge on any atom is -0.484 e. The third-order valence-corrected chi connectivity index (χ3v) is 5.31. The van der Waals surface area contributed by atoms with E-state index in [0.717, 1.165) is 22.3 Å². The second-order valence-electron chi connectivity index (χ2n) is 7.66. The van der Waals surface area contributed by atoms with Gasteiger partial charge in [-0.15, -0.1) is 0 Å². The lowest BCUT2D eigenvalue weighted by atomic mass is 10.1. The molecule has 0 bridgehead atoms. The molecule has 8 nitrogen and oxygen atoms in total. The number of nitrogens with one attached hydrogen (secondary N) is 1. The van der Waals surface area contributed by atoms with E-state index in [1.807, 2.05) is 29.7 Å². The van der Waals surface area contributed by atoms with Crippen LogP contribution in [0.2, 0.25) is 5.02 Å². The smallest absolute Gasteiger partial charge is 0.311 e. The highest BCUT2D eigenvalue weighted by Crippen LogP contribution is 2.32. The average Bonchev–Trinajstić information content (AvgIpc) is 3.08. The molecule has 1 aromatic heterocycles. The van der Waals surface area contributed by atoms with Gasteiger partial charge in [0.2, 0.25) is 0 Å². The molecule has 0 spiro atoms. The maximum absolute atomic E-state index is 12.4. The Balaban J connectivity index is 1.78. The Morgan fingerprint density at radius 3 is 2.44 bits per heavy atom. The van der Waals surface area contributed by atoms with E-state index < -0.39 is 11.9 Å². The van der Waals surface area contributed by atoms with Crippen LogP contribution in [-0.2, 0) is 14.3 Å². The number of amides is 1. The third kappa shape index (κ3) is 5.82. The zero-order valence-corrected chi connectivity index (χ0v) is 20.2. The second kappa shape index (κ2) is 11.0. The molecule has 1 N–H and O–H groups in total. The number of ether oxygens (including phenoxy) is 2. The lowest BCUT2D eigenvalue weighted by molar-refractivity contribution is -0.141. The Morgan fingerprint density at radius 1 is 1.09 bits per heavy atom. The lowest BCUT2D eigenvalue weighted by Crippen LogP contribution is -2.26. The highest BCUT2D eigenvalue weighted by molar-refractivity contribution is 6.30. The number of carbonyl (C=O) groups excluding carboxylic acids is 3. The van der Waals surface area contributed by atoms with Crippen LogP contribution in [0.1, 0.15) is 43.2 Å². The summed E-state index contributed by atoms with van der Waals surface area (Å²) >= 11 is 6.03.